The van der Waals surface area contributed by atoms with Crippen molar-refractivity contribution in [2.75, 3.05) is 6.61 Å². The van der Waals surface area contributed by atoms with Gasteiger partial charge in [-0.2, -0.15) is 5.10 Å². The molecule has 0 aliphatic heterocycles. The van der Waals surface area contributed by atoms with Gasteiger partial charge in [0.2, 0.25) is 0 Å². The number of amides is 1. The van der Waals surface area contributed by atoms with E-state index in [2.05, 4.69) is 9.84 Å². The van der Waals surface area contributed by atoms with Crippen LogP contribution in [0, 0.1) is 10.1 Å². The number of furan rings is 1. The number of esters is 1. The van der Waals surface area contributed by atoms with E-state index >= 15 is 0 Å². The summed E-state index contributed by atoms with van der Waals surface area (Å²) in [6, 6.07) is 2.42. The van der Waals surface area contributed by atoms with E-state index < -0.39 is 22.7 Å². The highest BCUT2D eigenvalue weighted by molar-refractivity contribution is 6.32. The number of nitrogens with zero attached hydrogens (tertiary/aromatic N) is 2. The smallest absolute Gasteiger partial charge is 0.433 e. The van der Waals surface area contributed by atoms with E-state index in [-0.39, 0.29) is 12.4 Å². The van der Waals surface area contributed by atoms with Crippen LogP contribution in [0.25, 0.3) is 0 Å². The third-order valence-corrected chi connectivity index (χ3v) is 1.61. The zero-order valence-corrected chi connectivity index (χ0v) is 9.28. The summed E-state index contributed by atoms with van der Waals surface area (Å²) in [5, 5.41) is 13.7. The summed E-state index contributed by atoms with van der Waals surface area (Å²) in [6.07, 6.45) is 1.02. The van der Waals surface area contributed by atoms with Crippen LogP contribution in [0.4, 0.5) is 5.88 Å². The lowest BCUT2D eigenvalue weighted by molar-refractivity contribution is -0.402. The van der Waals surface area contributed by atoms with E-state index in [0.717, 1.165) is 12.3 Å². The predicted molar refractivity (Wildman–Crippen MR) is 57.7 cm³/mol. The Morgan fingerprint density at radius 3 is 2.89 bits per heavy atom. The van der Waals surface area contributed by atoms with Gasteiger partial charge < -0.3 is 9.15 Å². The van der Waals surface area contributed by atoms with Gasteiger partial charge in [-0.05, 0) is 13.0 Å². The van der Waals surface area contributed by atoms with Gasteiger partial charge in [0.25, 0.3) is 0 Å². The third kappa shape index (κ3) is 3.70. The molecule has 0 saturated heterocycles. The molecular formula is C9H9N3O6. The number of carbonyl (C=O) groups excluding carboxylic acids is 2. The number of ether oxygens (including phenoxy) is 1. The normalized spacial score (nSPS) is 10.3. The van der Waals surface area contributed by atoms with Crippen molar-refractivity contribution < 1.29 is 23.7 Å². The minimum absolute atomic E-state index is 0.0610. The average molecular weight is 255 g/mol. The van der Waals surface area contributed by atoms with E-state index in [1.165, 1.54) is 6.07 Å². The molecule has 0 aromatic carbocycles. The molecule has 1 heterocycles. The molecule has 96 valence electrons. The highest BCUT2D eigenvalue weighted by Gasteiger charge is 2.13. The van der Waals surface area contributed by atoms with Crippen molar-refractivity contribution >= 4 is 24.0 Å². The molecule has 1 aromatic heterocycles. The minimum Gasteiger partial charge on any atom is -0.459 e. The van der Waals surface area contributed by atoms with E-state index in [4.69, 9.17) is 4.42 Å². The van der Waals surface area contributed by atoms with Crippen molar-refractivity contribution in [1.29, 1.82) is 0 Å². The van der Waals surface area contributed by atoms with Crippen molar-refractivity contribution in [1.82, 2.24) is 5.43 Å². The molecule has 0 spiro atoms. The molecule has 0 aliphatic carbocycles. The molecule has 18 heavy (non-hydrogen) atoms. The zero-order valence-electron chi connectivity index (χ0n) is 9.28. The van der Waals surface area contributed by atoms with Gasteiger partial charge in [-0.15, -0.1) is 0 Å². The number of rotatable bonds is 4. The van der Waals surface area contributed by atoms with Gasteiger partial charge in [-0.25, -0.2) is 10.2 Å². The summed E-state index contributed by atoms with van der Waals surface area (Å²) in [5.74, 6) is -2.51. The Bertz CT molecular complexity index is 492. The lowest BCUT2D eigenvalue weighted by atomic mass is 10.5. The molecule has 0 radical (unpaired) electrons. The number of hydrogen-bond donors (Lipinski definition) is 1. The Morgan fingerprint density at radius 1 is 1.61 bits per heavy atom. The molecule has 0 unspecified atom stereocenters. The van der Waals surface area contributed by atoms with Crippen LogP contribution in [-0.4, -0.2) is 29.6 Å². The number of nitro groups is 1. The van der Waals surface area contributed by atoms with Crippen molar-refractivity contribution in [3.8, 4) is 0 Å². The van der Waals surface area contributed by atoms with Crippen LogP contribution >= 0.6 is 0 Å². The maximum atomic E-state index is 11.0. The quantitative estimate of drug-likeness (QED) is 0.269. The first-order chi connectivity index (χ1) is 8.54. The second kappa shape index (κ2) is 6.13. The maximum Gasteiger partial charge on any atom is 0.433 e. The van der Waals surface area contributed by atoms with Crippen LogP contribution in [0.3, 0.4) is 0 Å². The number of hydrazone groups is 1. The molecule has 1 aromatic rings. The molecule has 1 rings (SSSR count). The van der Waals surface area contributed by atoms with Crippen LogP contribution < -0.4 is 5.43 Å². The highest BCUT2D eigenvalue weighted by atomic mass is 16.6. The van der Waals surface area contributed by atoms with E-state index in [0.29, 0.717) is 0 Å². The van der Waals surface area contributed by atoms with E-state index in [1.54, 1.807) is 6.92 Å². The molecular weight excluding hydrogens is 246 g/mol. The largest absolute Gasteiger partial charge is 0.459 e. The first kappa shape index (κ1) is 13.4. The predicted octanol–water partition coefficient (Wildman–Crippen LogP) is 0.201. The fourth-order valence-electron chi connectivity index (χ4n) is 0.907. The van der Waals surface area contributed by atoms with Gasteiger partial charge >= 0.3 is 17.8 Å². The molecule has 1 amide bonds. The molecule has 0 fully saturated rings. The first-order valence-corrected chi connectivity index (χ1v) is 4.79. The highest BCUT2D eigenvalue weighted by Crippen LogP contribution is 2.13. The Morgan fingerprint density at radius 2 is 2.33 bits per heavy atom. The summed E-state index contributed by atoms with van der Waals surface area (Å²) < 4.78 is 9.12. The summed E-state index contributed by atoms with van der Waals surface area (Å²) in [6.45, 7) is 1.62. The first-order valence-electron chi connectivity index (χ1n) is 4.79. The third-order valence-electron chi connectivity index (χ3n) is 1.61. The second-order valence-electron chi connectivity index (χ2n) is 2.85. The Balaban J connectivity index is 2.52. The molecule has 0 saturated carbocycles. The van der Waals surface area contributed by atoms with Gasteiger partial charge in [-0.3, -0.25) is 14.9 Å². The van der Waals surface area contributed by atoms with Crippen LogP contribution in [0.1, 0.15) is 12.7 Å². The van der Waals surface area contributed by atoms with Crippen molar-refractivity contribution in [3.63, 3.8) is 0 Å². The topological polar surface area (TPSA) is 124 Å². The molecule has 0 atom stereocenters. The second-order valence-corrected chi connectivity index (χ2v) is 2.85. The van der Waals surface area contributed by atoms with Gasteiger partial charge in [0.15, 0.2) is 5.76 Å². The maximum absolute atomic E-state index is 11.0. The van der Waals surface area contributed by atoms with Crippen LogP contribution in [0.5, 0.6) is 0 Å². The van der Waals surface area contributed by atoms with Gasteiger partial charge in [-0.1, -0.05) is 0 Å². The molecule has 0 aliphatic rings. The number of hydrogen-bond acceptors (Lipinski definition) is 7. The summed E-state index contributed by atoms with van der Waals surface area (Å²) >= 11 is 0. The Labute approximate surface area is 101 Å². The monoisotopic (exact) mass is 255 g/mol. The van der Waals surface area contributed by atoms with Gasteiger partial charge in [0.1, 0.15) is 4.92 Å². The number of nitrogens with one attached hydrogen (secondary N) is 1. The molecule has 9 heteroatoms. The lowest BCUT2D eigenvalue weighted by Gasteiger charge is -1.98. The summed E-state index contributed by atoms with van der Waals surface area (Å²) in [4.78, 5) is 31.4. The van der Waals surface area contributed by atoms with Crippen molar-refractivity contribution in [2.24, 2.45) is 5.10 Å². The van der Waals surface area contributed by atoms with E-state index in [1.807, 2.05) is 5.43 Å². The Kier molecular flexibility index (Phi) is 4.55. The fourth-order valence-corrected chi connectivity index (χ4v) is 0.907. The van der Waals surface area contributed by atoms with Crippen LogP contribution in [0.2, 0.25) is 0 Å². The molecule has 0 bridgehead atoms. The fraction of sp³-hybridized carbons (Fsp3) is 0.222. The lowest BCUT2D eigenvalue weighted by Crippen LogP contribution is -2.28. The average Bonchev–Trinajstić information content (AvgIpc) is 2.78. The summed E-state index contributed by atoms with van der Waals surface area (Å²) in [5.41, 5.74) is 1.88. The van der Waals surface area contributed by atoms with Gasteiger partial charge in [0, 0.05) is 0 Å². The molecule has 1 N–H and O–H groups in total. The number of carbonyl (C=O) groups is 2. The minimum atomic E-state index is -1.07. The SMILES string of the molecule is CCOC(=O)C(=O)N/N=C\c1ccc([N+](=O)[O-])o1. The van der Waals surface area contributed by atoms with Crippen molar-refractivity contribution in [3.05, 3.63) is 28.0 Å². The Hall–Kier alpha value is -2.71. The van der Waals surface area contributed by atoms with Crippen molar-refractivity contribution in [2.45, 2.75) is 6.92 Å². The standard InChI is InChI=1S/C9H9N3O6/c1-2-17-9(14)8(13)11-10-5-6-3-4-7(18-6)12(15)16/h3-5H,2H2,1H3,(H,11,13)/b10-5-. The van der Waals surface area contributed by atoms with Gasteiger partial charge in [0.05, 0.1) is 18.9 Å². The van der Waals surface area contributed by atoms with Crippen LogP contribution in [-0.2, 0) is 14.3 Å². The summed E-state index contributed by atoms with van der Waals surface area (Å²) in [7, 11) is 0. The van der Waals surface area contributed by atoms with E-state index in [9.17, 15) is 19.7 Å². The zero-order chi connectivity index (χ0) is 13.5. The van der Waals surface area contributed by atoms with Crippen LogP contribution in [0.15, 0.2) is 21.7 Å². The molecule has 9 nitrogen and oxygen atoms in total.